The van der Waals surface area contributed by atoms with Gasteiger partial charge in [-0.25, -0.2) is 8.42 Å². The molecule has 0 aliphatic heterocycles. The molecule has 0 unspecified atom stereocenters. The summed E-state index contributed by atoms with van der Waals surface area (Å²) >= 11 is 4.43. The third-order valence-corrected chi connectivity index (χ3v) is 6.36. The number of hydrogen-bond acceptors (Lipinski definition) is 4. The SMILES string of the molecule is CN(CC(=O)Nc1ccc(Br)cc1)S(=O)(=O)c1cccs1. The summed E-state index contributed by atoms with van der Waals surface area (Å²) in [5, 5.41) is 4.34. The van der Waals surface area contributed by atoms with Gasteiger partial charge in [-0.2, -0.15) is 4.31 Å². The minimum atomic E-state index is -3.61. The predicted octanol–water partition coefficient (Wildman–Crippen LogP) is 2.77. The van der Waals surface area contributed by atoms with Gasteiger partial charge in [-0.3, -0.25) is 4.79 Å². The van der Waals surface area contributed by atoms with Crippen LogP contribution in [0.25, 0.3) is 0 Å². The number of anilines is 1. The fourth-order valence-electron chi connectivity index (χ4n) is 1.58. The number of hydrogen-bond donors (Lipinski definition) is 1. The van der Waals surface area contributed by atoms with Crippen LogP contribution in [0, 0.1) is 0 Å². The third kappa shape index (κ3) is 4.13. The molecule has 21 heavy (non-hydrogen) atoms. The molecule has 2 rings (SSSR count). The van der Waals surface area contributed by atoms with Gasteiger partial charge in [0.15, 0.2) is 0 Å². The number of nitrogens with zero attached hydrogens (tertiary/aromatic N) is 1. The molecule has 1 aromatic heterocycles. The number of benzene rings is 1. The van der Waals surface area contributed by atoms with Crippen LogP contribution in [0.15, 0.2) is 50.5 Å². The molecular weight excluding hydrogens is 376 g/mol. The second-order valence-electron chi connectivity index (χ2n) is 4.25. The van der Waals surface area contributed by atoms with Gasteiger partial charge in [0.2, 0.25) is 5.91 Å². The highest BCUT2D eigenvalue weighted by atomic mass is 79.9. The molecule has 0 atom stereocenters. The summed E-state index contributed by atoms with van der Waals surface area (Å²) in [6.45, 7) is -0.240. The fourth-order valence-corrected chi connectivity index (χ4v) is 4.18. The molecular formula is C13H13BrN2O3S2. The van der Waals surface area contributed by atoms with Crippen LogP contribution >= 0.6 is 27.3 Å². The van der Waals surface area contributed by atoms with E-state index in [9.17, 15) is 13.2 Å². The molecule has 0 saturated carbocycles. The number of carbonyl (C=O) groups excluding carboxylic acids is 1. The molecule has 1 heterocycles. The van der Waals surface area contributed by atoms with Gasteiger partial charge in [-0.15, -0.1) is 11.3 Å². The predicted molar refractivity (Wildman–Crippen MR) is 86.9 cm³/mol. The van der Waals surface area contributed by atoms with Crippen LogP contribution in [0.4, 0.5) is 5.69 Å². The smallest absolute Gasteiger partial charge is 0.252 e. The fraction of sp³-hybridized carbons (Fsp3) is 0.154. The summed E-state index contributed by atoms with van der Waals surface area (Å²) in [6, 6.07) is 10.2. The molecule has 0 aliphatic rings. The highest BCUT2D eigenvalue weighted by molar-refractivity contribution is 9.10. The number of sulfonamides is 1. The highest BCUT2D eigenvalue weighted by Gasteiger charge is 2.23. The molecule has 5 nitrogen and oxygen atoms in total. The average molecular weight is 389 g/mol. The molecule has 112 valence electrons. The summed E-state index contributed by atoms with van der Waals surface area (Å²) in [5.74, 6) is -0.389. The van der Waals surface area contributed by atoms with E-state index >= 15 is 0 Å². The zero-order valence-electron chi connectivity index (χ0n) is 11.1. The Hall–Kier alpha value is -1.22. The standard InChI is InChI=1S/C13H13BrN2O3S2/c1-16(21(18,19)13-3-2-8-20-13)9-12(17)15-11-6-4-10(14)5-7-11/h2-8H,9H2,1H3,(H,15,17). The Labute approximate surface area is 135 Å². The van der Waals surface area contributed by atoms with Crippen LogP contribution in [0.3, 0.4) is 0 Å². The molecule has 0 aliphatic carbocycles. The molecule has 0 saturated heterocycles. The molecule has 1 aromatic carbocycles. The van der Waals surface area contributed by atoms with Crippen LogP contribution < -0.4 is 5.32 Å². The summed E-state index contributed by atoms with van der Waals surface area (Å²) in [4.78, 5) is 11.9. The van der Waals surface area contributed by atoms with Gasteiger partial charge in [0.1, 0.15) is 4.21 Å². The average Bonchev–Trinajstić information content (AvgIpc) is 2.96. The van der Waals surface area contributed by atoms with Gasteiger partial charge in [0.25, 0.3) is 10.0 Å². The van der Waals surface area contributed by atoms with Gasteiger partial charge >= 0.3 is 0 Å². The summed E-state index contributed by atoms with van der Waals surface area (Å²) in [7, 11) is -2.22. The molecule has 0 radical (unpaired) electrons. The molecule has 0 bridgehead atoms. The summed E-state index contributed by atoms with van der Waals surface area (Å²) in [6.07, 6.45) is 0. The van der Waals surface area contributed by atoms with Crippen LogP contribution in [0.5, 0.6) is 0 Å². The van der Waals surface area contributed by atoms with Crippen molar-refractivity contribution < 1.29 is 13.2 Å². The molecule has 1 amide bonds. The van der Waals surface area contributed by atoms with Gasteiger partial charge in [-0.05, 0) is 35.7 Å². The Morgan fingerprint density at radius 3 is 2.52 bits per heavy atom. The Balaban J connectivity index is 2.01. The maximum atomic E-state index is 12.2. The van der Waals surface area contributed by atoms with Gasteiger partial charge in [0, 0.05) is 17.2 Å². The molecule has 8 heteroatoms. The Kier molecular flexibility index (Phi) is 5.15. The minimum Gasteiger partial charge on any atom is -0.325 e. The number of nitrogens with one attached hydrogen (secondary N) is 1. The van der Waals surface area contributed by atoms with Crippen molar-refractivity contribution in [1.82, 2.24) is 4.31 Å². The molecule has 2 aromatic rings. The number of halogens is 1. The van der Waals surface area contributed by atoms with Crippen LogP contribution in [-0.2, 0) is 14.8 Å². The van der Waals surface area contributed by atoms with Crippen molar-refractivity contribution in [2.45, 2.75) is 4.21 Å². The van der Waals surface area contributed by atoms with Crippen molar-refractivity contribution in [2.75, 3.05) is 18.9 Å². The largest absolute Gasteiger partial charge is 0.325 e. The lowest BCUT2D eigenvalue weighted by molar-refractivity contribution is -0.116. The van der Waals surface area contributed by atoms with Crippen molar-refractivity contribution in [2.24, 2.45) is 0 Å². The Morgan fingerprint density at radius 2 is 1.95 bits per heavy atom. The Morgan fingerprint density at radius 1 is 1.29 bits per heavy atom. The first-order valence-corrected chi connectivity index (χ1v) is 9.06. The van der Waals surface area contributed by atoms with Crippen LogP contribution in [0.1, 0.15) is 0 Å². The summed E-state index contributed by atoms with van der Waals surface area (Å²) in [5.41, 5.74) is 0.616. The normalized spacial score (nSPS) is 11.6. The molecule has 1 N–H and O–H groups in total. The second kappa shape index (κ2) is 6.69. The first-order valence-electron chi connectivity index (χ1n) is 5.95. The van der Waals surface area contributed by atoms with Gasteiger partial charge < -0.3 is 5.32 Å². The number of likely N-dealkylation sites (N-methyl/N-ethyl adjacent to an activating group) is 1. The first-order chi connectivity index (χ1) is 9.89. The Bertz CT molecular complexity index is 712. The molecule has 0 fully saturated rings. The lowest BCUT2D eigenvalue weighted by Crippen LogP contribution is -2.34. The molecule has 0 spiro atoms. The highest BCUT2D eigenvalue weighted by Crippen LogP contribution is 2.20. The van der Waals surface area contributed by atoms with Crippen molar-refractivity contribution in [3.05, 3.63) is 46.3 Å². The van der Waals surface area contributed by atoms with Crippen LogP contribution in [-0.4, -0.2) is 32.2 Å². The number of carbonyl (C=O) groups is 1. The van der Waals surface area contributed by atoms with E-state index in [0.717, 1.165) is 20.1 Å². The van der Waals surface area contributed by atoms with E-state index in [-0.39, 0.29) is 16.7 Å². The topological polar surface area (TPSA) is 66.5 Å². The zero-order valence-corrected chi connectivity index (χ0v) is 14.3. The maximum absolute atomic E-state index is 12.2. The zero-order chi connectivity index (χ0) is 15.5. The number of rotatable bonds is 5. The summed E-state index contributed by atoms with van der Waals surface area (Å²) < 4.78 is 26.5. The van der Waals surface area contributed by atoms with Gasteiger partial charge in [-0.1, -0.05) is 22.0 Å². The van der Waals surface area contributed by atoms with E-state index in [4.69, 9.17) is 0 Å². The quantitative estimate of drug-likeness (QED) is 0.855. The van der Waals surface area contributed by atoms with E-state index in [1.165, 1.54) is 13.1 Å². The van der Waals surface area contributed by atoms with Gasteiger partial charge in [0.05, 0.1) is 6.54 Å². The number of amides is 1. The van der Waals surface area contributed by atoms with E-state index < -0.39 is 10.0 Å². The van der Waals surface area contributed by atoms with Crippen molar-refractivity contribution in [3.8, 4) is 0 Å². The van der Waals surface area contributed by atoms with Crippen molar-refractivity contribution >= 4 is 48.9 Å². The van der Waals surface area contributed by atoms with Crippen molar-refractivity contribution in [1.29, 1.82) is 0 Å². The van der Waals surface area contributed by atoms with Crippen LogP contribution in [0.2, 0.25) is 0 Å². The monoisotopic (exact) mass is 388 g/mol. The lowest BCUT2D eigenvalue weighted by Gasteiger charge is -2.15. The lowest BCUT2D eigenvalue weighted by atomic mass is 10.3. The second-order valence-corrected chi connectivity index (χ2v) is 8.38. The van der Waals surface area contributed by atoms with E-state index in [1.54, 1.807) is 35.7 Å². The maximum Gasteiger partial charge on any atom is 0.252 e. The minimum absolute atomic E-state index is 0.224. The van der Waals surface area contributed by atoms with Crippen molar-refractivity contribution in [3.63, 3.8) is 0 Å². The van der Waals surface area contributed by atoms with E-state index in [0.29, 0.717) is 5.69 Å². The van der Waals surface area contributed by atoms with E-state index in [2.05, 4.69) is 21.2 Å². The number of thiophene rings is 1. The van der Waals surface area contributed by atoms with E-state index in [1.807, 2.05) is 0 Å². The first kappa shape index (κ1) is 16.2. The third-order valence-electron chi connectivity index (χ3n) is 2.65.